The smallest absolute Gasteiger partial charge is 0.251 e. The molecule has 4 nitrogen and oxygen atoms in total. The molecule has 0 atom stereocenters. The van der Waals surface area contributed by atoms with Gasteiger partial charge in [-0.05, 0) is 36.6 Å². The van der Waals surface area contributed by atoms with Gasteiger partial charge in [0.25, 0.3) is 5.91 Å². The fraction of sp³-hybridized carbons (Fsp3) is 0.381. The second-order valence-electron chi connectivity index (χ2n) is 6.71. The molecule has 4 heteroatoms. The molecule has 1 aliphatic heterocycles. The van der Waals surface area contributed by atoms with Gasteiger partial charge in [0.1, 0.15) is 0 Å². The Bertz CT molecular complexity index is 719. The van der Waals surface area contributed by atoms with E-state index in [1.165, 1.54) is 5.56 Å². The van der Waals surface area contributed by atoms with Crippen molar-refractivity contribution < 1.29 is 9.53 Å². The standard InChI is InChI=1S/C21H26N2O2/c1-16-3-4-17(2)20(13-16)21(24)22-14-18-5-7-19(8-6-18)15-23-9-11-25-12-10-23/h3-8,13H,9-12,14-15H2,1-2H3,(H,22,24). The third-order valence-electron chi connectivity index (χ3n) is 4.62. The molecule has 0 unspecified atom stereocenters. The number of ether oxygens (including phenoxy) is 1. The first-order chi connectivity index (χ1) is 12.1. The lowest BCUT2D eigenvalue weighted by Crippen LogP contribution is -2.35. The monoisotopic (exact) mass is 338 g/mol. The van der Waals surface area contributed by atoms with Crippen LogP contribution in [0.3, 0.4) is 0 Å². The van der Waals surface area contributed by atoms with Gasteiger partial charge < -0.3 is 10.1 Å². The van der Waals surface area contributed by atoms with E-state index in [-0.39, 0.29) is 5.91 Å². The van der Waals surface area contributed by atoms with Crippen LogP contribution in [0.1, 0.15) is 32.6 Å². The number of nitrogens with zero attached hydrogens (tertiary/aromatic N) is 1. The lowest BCUT2D eigenvalue weighted by atomic mass is 10.0. The average molecular weight is 338 g/mol. The number of nitrogens with one attached hydrogen (secondary N) is 1. The quantitative estimate of drug-likeness (QED) is 0.911. The summed E-state index contributed by atoms with van der Waals surface area (Å²) in [5, 5.41) is 3.02. The molecule has 0 saturated carbocycles. The maximum atomic E-state index is 12.4. The van der Waals surface area contributed by atoms with Crippen molar-refractivity contribution in [1.82, 2.24) is 10.2 Å². The van der Waals surface area contributed by atoms with Crippen LogP contribution < -0.4 is 5.32 Å². The van der Waals surface area contributed by atoms with Crippen molar-refractivity contribution in [3.63, 3.8) is 0 Å². The summed E-state index contributed by atoms with van der Waals surface area (Å²) in [5.41, 5.74) is 5.27. The highest BCUT2D eigenvalue weighted by Gasteiger charge is 2.11. The Morgan fingerprint density at radius 1 is 1.04 bits per heavy atom. The highest BCUT2D eigenvalue weighted by molar-refractivity contribution is 5.95. The molecular weight excluding hydrogens is 312 g/mol. The normalized spacial score (nSPS) is 15.1. The van der Waals surface area contributed by atoms with Gasteiger partial charge in [0.15, 0.2) is 0 Å². The number of carbonyl (C=O) groups excluding carboxylic acids is 1. The number of carbonyl (C=O) groups is 1. The predicted molar refractivity (Wildman–Crippen MR) is 99.6 cm³/mol. The Kier molecular flexibility index (Phi) is 5.84. The Balaban J connectivity index is 1.54. The molecule has 1 fully saturated rings. The lowest BCUT2D eigenvalue weighted by molar-refractivity contribution is 0.0342. The van der Waals surface area contributed by atoms with E-state index in [2.05, 4.69) is 34.5 Å². The minimum atomic E-state index is -0.0152. The minimum Gasteiger partial charge on any atom is -0.379 e. The molecule has 1 N–H and O–H groups in total. The van der Waals surface area contributed by atoms with E-state index in [0.717, 1.165) is 55.1 Å². The fourth-order valence-corrected chi connectivity index (χ4v) is 3.04. The maximum absolute atomic E-state index is 12.4. The molecule has 1 saturated heterocycles. The van der Waals surface area contributed by atoms with E-state index in [9.17, 15) is 4.79 Å². The molecular formula is C21H26N2O2. The van der Waals surface area contributed by atoms with E-state index in [1.807, 2.05) is 32.0 Å². The predicted octanol–water partition coefficient (Wildman–Crippen LogP) is 3.07. The summed E-state index contributed by atoms with van der Waals surface area (Å²) >= 11 is 0. The first kappa shape index (κ1) is 17.6. The Labute approximate surface area is 149 Å². The Morgan fingerprint density at radius 2 is 1.72 bits per heavy atom. The van der Waals surface area contributed by atoms with Gasteiger partial charge in [0.05, 0.1) is 13.2 Å². The number of morpholine rings is 1. The van der Waals surface area contributed by atoms with Gasteiger partial charge in [-0.2, -0.15) is 0 Å². The van der Waals surface area contributed by atoms with Crippen LogP contribution in [0.5, 0.6) is 0 Å². The first-order valence-electron chi connectivity index (χ1n) is 8.85. The topological polar surface area (TPSA) is 41.6 Å². The summed E-state index contributed by atoms with van der Waals surface area (Å²) in [5.74, 6) is -0.0152. The first-order valence-corrected chi connectivity index (χ1v) is 8.85. The number of amides is 1. The van der Waals surface area contributed by atoms with Crippen LogP contribution >= 0.6 is 0 Å². The average Bonchev–Trinajstić information content (AvgIpc) is 2.64. The zero-order chi connectivity index (χ0) is 17.6. The molecule has 1 aliphatic rings. The SMILES string of the molecule is Cc1ccc(C)c(C(=O)NCc2ccc(CN3CCOCC3)cc2)c1. The largest absolute Gasteiger partial charge is 0.379 e. The van der Waals surface area contributed by atoms with Crippen molar-refractivity contribution >= 4 is 5.91 Å². The summed E-state index contributed by atoms with van der Waals surface area (Å²) in [4.78, 5) is 14.8. The summed E-state index contributed by atoms with van der Waals surface area (Å²) in [6.45, 7) is 9.10. The zero-order valence-corrected chi connectivity index (χ0v) is 15.0. The summed E-state index contributed by atoms with van der Waals surface area (Å²) < 4.78 is 5.38. The highest BCUT2D eigenvalue weighted by atomic mass is 16.5. The molecule has 132 valence electrons. The van der Waals surface area contributed by atoms with E-state index in [4.69, 9.17) is 4.74 Å². The van der Waals surface area contributed by atoms with Crippen LogP contribution in [0.2, 0.25) is 0 Å². The summed E-state index contributed by atoms with van der Waals surface area (Å²) in [7, 11) is 0. The Hall–Kier alpha value is -2.17. The van der Waals surface area contributed by atoms with Crippen molar-refractivity contribution in [2.75, 3.05) is 26.3 Å². The minimum absolute atomic E-state index is 0.0152. The summed E-state index contributed by atoms with van der Waals surface area (Å²) in [6, 6.07) is 14.4. The van der Waals surface area contributed by atoms with Gasteiger partial charge in [0, 0.05) is 31.7 Å². The third-order valence-corrected chi connectivity index (χ3v) is 4.62. The number of benzene rings is 2. The molecule has 25 heavy (non-hydrogen) atoms. The number of rotatable bonds is 5. The van der Waals surface area contributed by atoms with E-state index in [1.54, 1.807) is 0 Å². The van der Waals surface area contributed by atoms with Crippen LogP contribution in [0, 0.1) is 13.8 Å². The molecule has 0 radical (unpaired) electrons. The van der Waals surface area contributed by atoms with E-state index >= 15 is 0 Å². The van der Waals surface area contributed by atoms with Gasteiger partial charge in [-0.3, -0.25) is 9.69 Å². The fourth-order valence-electron chi connectivity index (χ4n) is 3.04. The van der Waals surface area contributed by atoms with Crippen molar-refractivity contribution in [3.05, 3.63) is 70.3 Å². The van der Waals surface area contributed by atoms with Gasteiger partial charge in [-0.15, -0.1) is 0 Å². The van der Waals surface area contributed by atoms with E-state index in [0.29, 0.717) is 6.54 Å². The van der Waals surface area contributed by atoms with Crippen molar-refractivity contribution in [2.24, 2.45) is 0 Å². The number of hydrogen-bond acceptors (Lipinski definition) is 3. The van der Waals surface area contributed by atoms with Crippen molar-refractivity contribution in [2.45, 2.75) is 26.9 Å². The molecule has 0 spiro atoms. The highest BCUT2D eigenvalue weighted by Crippen LogP contribution is 2.12. The number of aryl methyl sites for hydroxylation is 2. The second kappa shape index (κ2) is 8.28. The molecule has 0 aromatic heterocycles. The van der Waals surface area contributed by atoms with Crippen LogP contribution in [-0.4, -0.2) is 37.1 Å². The van der Waals surface area contributed by atoms with Gasteiger partial charge in [0.2, 0.25) is 0 Å². The molecule has 2 aromatic rings. The summed E-state index contributed by atoms with van der Waals surface area (Å²) in [6.07, 6.45) is 0. The second-order valence-corrected chi connectivity index (χ2v) is 6.71. The molecule has 2 aromatic carbocycles. The molecule has 0 bridgehead atoms. The Morgan fingerprint density at radius 3 is 2.44 bits per heavy atom. The van der Waals surface area contributed by atoms with Crippen LogP contribution in [0.15, 0.2) is 42.5 Å². The maximum Gasteiger partial charge on any atom is 0.251 e. The zero-order valence-electron chi connectivity index (χ0n) is 15.0. The van der Waals surface area contributed by atoms with Gasteiger partial charge >= 0.3 is 0 Å². The van der Waals surface area contributed by atoms with E-state index < -0.39 is 0 Å². The van der Waals surface area contributed by atoms with Crippen LogP contribution in [-0.2, 0) is 17.8 Å². The third kappa shape index (κ3) is 4.91. The van der Waals surface area contributed by atoms with Crippen molar-refractivity contribution in [3.8, 4) is 0 Å². The molecule has 3 rings (SSSR count). The van der Waals surface area contributed by atoms with Crippen LogP contribution in [0.4, 0.5) is 0 Å². The molecule has 0 aliphatic carbocycles. The van der Waals surface area contributed by atoms with Gasteiger partial charge in [-0.1, -0.05) is 42.0 Å². The van der Waals surface area contributed by atoms with Gasteiger partial charge in [-0.25, -0.2) is 0 Å². The van der Waals surface area contributed by atoms with Crippen molar-refractivity contribution in [1.29, 1.82) is 0 Å². The number of hydrogen-bond donors (Lipinski definition) is 1. The van der Waals surface area contributed by atoms with Crippen LogP contribution in [0.25, 0.3) is 0 Å². The lowest BCUT2D eigenvalue weighted by Gasteiger charge is -2.26. The molecule has 1 amide bonds. The molecule has 1 heterocycles.